The van der Waals surface area contributed by atoms with Crippen LogP contribution in [-0.2, 0) is 6.42 Å². The van der Waals surface area contributed by atoms with Crippen molar-refractivity contribution >= 4 is 11.6 Å². The number of hydrogen-bond donors (Lipinski definition) is 1. The van der Waals surface area contributed by atoms with Crippen molar-refractivity contribution in [2.75, 3.05) is 13.1 Å². The topological polar surface area (TPSA) is 23.5 Å². The fourth-order valence-corrected chi connectivity index (χ4v) is 2.90. The molecule has 1 heterocycles. The standard InChI is InChI=1S/C16H24ClNO/c1-16(2,18-10-4-3-5-11-18)15(19)12-13-6-8-14(17)9-7-13/h6-9,15,19H,3-5,10-12H2,1-2H3. The van der Waals surface area contributed by atoms with Crippen LogP contribution in [0.15, 0.2) is 24.3 Å². The van der Waals surface area contributed by atoms with Crippen LogP contribution in [0.5, 0.6) is 0 Å². The van der Waals surface area contributed by atoms with Crippen LogP contribution >= 0.6 is 11.6 Å². The predicted octanol–water partition coefficient (Wildman–Crippen LogP) is 3.51. The minimum absolute atomic E-state index is 0.167. The first kappa shape index (κ1) is 14.8. The van der Waals surface area contributed by atoms with Gasteiger partial charge < -0.3 is 5.11 Å². The lowest BCUT2D eigenvalue weighted by atomic mass is 9.88. The van der Waals surface area contributed by atoms with Gasteiger partial charge in [0, 0.05) is 17.0 Å². The number of nitrogens with zero attached hydrogens (tertiary/aromatic N) is 1. The highest BCUT2D eigenvalue weighted by Crippen LogP contribution is 2.26. The van der Waals surface area contributed by atoms with E-state index in [4.69, 9.17) is 11.6 Å². The van der Waals surface area contributed by atoms with E-state index in [9.17, 15) is 5.11 Å². The summed E-state index contributed by atoms with van der Waals surface area (Å²) in [5, 5.41) is 11.3. The first-order chi connectivity index (χ1) is 9.00. The van der Waals surface area contributed by atoms with Gasteiger partial charge in [-0.2, -0.15) is 0 Å². The zero-order valence-electron chi connectivity index (χ0n) is 11.9. The molecule has 1 aromatic rings. The Labute approximate surface area is 121 Å². The summed E-state index contributed by atoms with van der Waals surface area (Å²) in [5.74, 6) is 0. The molecule has 0 radical (unpaired) electrons. The van der Waals surface area contributed by atoms with Gasteiger partial charge in [-0.15, -0.1) is 0 Å². The summed E-state index contributed by atoms with van der Waals surface area (Å²) in [6.07, 6.45) is 4.14. The molecule has 1 aliphatic heterocycles. The van der Waals surface area contributed by atoms with E-state index in [1.165, 1.54) is 19.3 Å². The van der Waals surface area contributed by atoms with Crippen molar-refractivity contribution in [1.82, 2.24) is 4.90 Å². The van der Waals surface area contributed by atoms with Gasteiger partial charge in [0.25, 0.3) is 0 Å². The fraction of sp³-hybridized carbons (Fsp3) is 0.625. The summed E-state index contributed by atoms with van der Waals surface area (Å²) in [7, 11) is 0. The van der Waals surface area contributed by atoms with Crippen LogP contribution in [0.2, 0.25) is 5.02 Å². The number of aliphatic hydroxyl groups excluding tert-OH is 1. The van der Waals surface area contributed by atoms with Crippen LogP contribution in [0.25, 0.3) is 0 Å². The highest BCUT2D eigenvalue weighted by molar-refractivity contribution is 6.30. The van der Waals surface area contributed by atoms with Gasteiger partial charge in [0.1, 0.15) is 0 Å². The summed E-state index contributed by atoms with van der Waals surface area (Å²) in [6, 6.07) is 7.77. The summed E-state index contributed by atoms with van der Waals surface area (Å²) >= 11 is 5.89. The van der Waals surface area contributed by atoms with Crippen molar-refractivity contribution in [3.63, 3.8) is 0 Å². The molecule has 1 aromatic carbocycles. The molecule has 1 atom stereocenters. The smallest absolute Gasteiger partial charge is 0.0758 e. The molecule has 0 aromatic heterocycles. The molecule has 1 fully saturated rings. The molecule has 0 bridgehead atoms. The lowest BCUT2D eigenvalue weighted by molar-refractivity contribution is -0.0187. The largest absolute Gasteiger partial charge is 0.391 e. The Morgan fingerprint density at radius 1 is 1.16 bits per heavy atom. The number of aliphatic hydroxyl groups is 1. The fourth-order valence-electron chi connectivity index (χ4n) is 2.77. The molecule has 0 amide bonds. The van der Waals surface area contributed by atoms with E-state index in [1.54, 1.807) is 0 Å². The molecular formula is C16H24ClNO. The normalized spacial score (nSPS) is 19.4. The van der Waals surface area contributed by atoms with Crippen LogP contribution < -0.4 is 0 Å². The summed E-state index contributed by atoms with van der Waals surface area (Å²) in [4.78, 5) is 2.43. The van der Waals surface area contributed by atoms with Gasteiger partial charge in [-0.25, -0.2) is 0 Å². The van der Waals surface area contributed by atoms with E-state index in [0.717, 1.165) is 23.7 Å². The SMILES string of the molecule is CC(C)(C(O)Cc1ccc(Cl)cc1)N1CCCCC1. The molecular weight excluding hydrogens is 258 g/mol. The first-order valence-corrected chi connectivity index (χ1v) is 7.55. The third kappa shape index (κ3) is 3.71. The molecule has 2 nitrogen and oxygen atoms in total. The highest BCUT2D eigenvalue weighted by Gasteiger charge is 2.34. The minimum Gasteiger partial charge on any atom is -0.391 e. The van der Waals surface area contributed by atoms with Gasteiger partial charge in [-0.05, 0) is 57.5 Å². The quantitative estimate of drug-likeness (QED) is 0.913. The lowest BCUT2D eigenvalue weighted by Gasteiger charge is -2.44. The van der Waals surface area contributed by atoms with Crippen LogP contribution in [0, 0.1) is 0 Å². The van der Waals surface area contributed by atoms with Gasteiger partial charge in [0.15, 0.2) is 0 Å². The van der Waals surface area contributed by atoms with Gasteiger partial charge in [-0.3, -0.25) is 4.90 Å². The Morgan fingerprint density at radius 3 is 2.32 bits per heavy atom. The van der Waals surface area contributed by atoms with Crippen LogP contribution in [0.3, 0.4) is 0 Å². The summed E-state index contributed by atoms with van der Waals surface area (Å²) in [6.45, 7) is 6.51. The maximum Gasteiger partial charge on any atom is 0.0758 e. The van der Waals surface area contributed by atoms with Gasteiger partial charge >= 0.3 is 0 Å². The molecule has 1 N–H and O–H groups in total. The Balaban J connectivity index is 2.00. The van der Waals surface area contributed by atoms with Gasteiger partial charge in [0.05, 0.1) is 6.10 Å². The Kier molecular flexibility index (Phi) is 4.88. The molecule has 2 rings (SSSR count). The predicted molar refractivity (Wildman–Crippen MR) is 80.7 cm³/mol. The Hall–Kier alpha value is -0.570. The van der Waals surface area contributed by atoms with E-state index in [2.05, 4.69) is 18.7 Å². The van der Waals surface area contributed by atoms with Crippen LogP contribution in [-0.4, -0.2) is 34.7 Å². The van der Waals surface area contributed by atoms with Gasteiger partial charge in [0.2, 0.25) is 0 Å². The van der Waals surface area contributed by atoms with E-state index in [-0.39, 0.29) is 11.6 Å². The maximum atomic E-state index is 10.6. The van der Waals surface area contributed by atoms with Crippen molar-refractivity contribution in [2.45, 2.75) is 51.2 Å². The molecule has 0 aliphatic carbocycles. The second-order valence-corrected chi connectivity index (χ2v) is 6.48. The number of benzene rings is 1. The van der Waals surface area contributed by atoms with E-state index in [1.807, 2.05) is 24.3 Å². The molecule has 3 heteroatoms. The minimum atomic E-state index is -0.355. The molecule has 1 saturated heterocycles. The van der Waals surface area contributed by atoms with Crippen molar-refractivity contribution in [2.24, 2.45) is 0 Å². The number of piperidine rings is 1. The van der Waals surface area contributed by atoms with E-state index < -0.39 is 0 Å². The van der Waals surface area contributed by atoms with Gasteiger partial charge in [-0.1, -0.05) is 30.2 Å². The molecule has 19 heavy (non-hydrogen) atoms. The number of halogens is 1. The van der Waals surface area contributed by atoms with Crippen molar-refractivity contribution < 1.29 is 5.11 Å². The zero-order chi connectivity index (χ0) is 13.9. The third-order valence-corrected chi connectivity index (χ3v) is 4.58. The first-order valence-electron chi connectivity index (χ1n) is 7.18. The average Bonchev–Trinajstić information content (AvgIpc) is 2.42. The molecule has 0 spiro atoms. The van der Waals surface area contributed by atoms with Crippen molar-refractivity contribution in [3.05, 3.63) is 34.9 Å². The van der Waals surface area contributed by atoms with E-state index >= 15 is 0 Å². The highest BCUT2D eigenvalue weighted by atomic mass is 35.5. The monoisotopic (exact) mass is 281 g/mol. The van der Waals surface area contributed by atoms with Crippen molar-refractivity contribution in [1.29, 1.82) is 0 Å². The van der Waals surface area contributed by atoms with Crippen molar-refractivity contribution in [3.8, 4) is 0 Å². The average molecular weight is 282 g/mol. The third-order valence-electron chi connectivity index (χ3n) is 4.33. The summed E-state index contributed by atoms with van der Waals surface area (Å²) < 4.78 is 0. The number of rotatable bonds is 4. The summed E-state index contributed by atoms with van der Waals surface area (Å²) in [5.41, 5.74) is 0.974. The van der Waals surface area contributed by atoms with Crippen LogP contribution in [0.4, 0.5) is 0 Å². The number of hydrogen-bond acceptors (Lipinski definition) is 2. The zero-order valence-corrected chi connectivity index (χ0v) is 12.7. The second-order valence-electron chi connectivity index (χ2n) is 6.05. The molecule has 1 unspecified atom stereocenters. The molecule has 1 aliphatic rings. The molecule has 106 valence electrons. The lowest BCUT2D eigenvalue weighted by Crippen LogP contribution is -2.54. The van der Waals surface area contributed by atoms with E-state index in [0.29, 0.717) is 6.42 Å². The maximum absolute atomic E-state index is 10.6. The molecule has 0 saturated carbocycles. The number of likely N-dealkylation sites (tertiary alicyclic amines) is 1. The van der Waals surface area contributed by atoms with Crippen LogP contribution in [0.1, 0.15) is 38.7 Å². The second kappa shape index (κ2) is 6.25. The Morgan fingerprint density at radius 2 is 1.74 bits per heavy atom. The Bertz CT molecular complexity index is 396.